The topological polar surface area (TPSA) is 82.6 Å². The second kappa shape index (κ2) is 14.6. The first-order chi connectivity index (χ1) is 24.5. The molecular formula is C42H45N3O5. The molecule has 0 spiro atoms. The van der Waals surface area contributed by atoms with Crippen molar-refractivity contribution in [1.29, 1.82) is 0 Å². The smallest absolute Gasteiger partial charge is 0.261 e. The lowest BCUT2D eigenvalue weighted by Gasteiger charge is -2.39. The van der Waals surface area contributed by atoms with Crippen LogP contribution in [0, 0.1) is 0 Å². The molecule has 258 valence electrons. The molecule has 4 aromatic carbocycles. The monoisotopic (exact) mass is 671 g/mol. The van der Waals surface area contributed by atoms with E-state index in [-0.39, 0.29) is 37.2 Å². The van der Waals surface area contributed by atoms with Gasteiger partial charge in [0.1, 0.15) is 0 Å². The molecule has 8 nitrogen and oxygen atoms in total. The van der Waals surface area contributed by atoms with Crippen LogP contribution < -0.4 is 0 Å². The van der Waals surface area contributed by atoms with Gasteiger partial charge in [-0.25, -0.2) is 0 Å². The zero-order valence-electron chi connectivity index (χ0n) is 28.5. The molecule has 1 N–H and O–H groups in total. The Kier molecular flexibility index (Phi) is 9.62. The first kappa shape index (κ1) is 33.0. The molecule has 4 heterocycles. The van der Waals surface area contributed by atoms with Crippen LogP contribution in [0.25, 0.3) is 11.1 Å². The molecule has 0 aromatic heterocycles. The number of hydrogen-bond donors (Lipinski definition) is 1. The zero-order valence-corrected chi connectivity index (χ0v) is 28.5. The summed E-state index contributed by atoms with van der Waals surface area (Å²) in [6.07, 6.45) is 5.17. The van der Waals surface area contributed by atoms with Gasteiger partial charge < -0.3 is 19.5 Å². The quantitative estimate of drug-likeness (QED) is 0.187. The molecule has 8 heteroatoms. The van der Waals surface area contributed by atoms with Crippen molar-refractivity contribution < 1.29 is 24.2 Å². The molecule has 0 bridgehead atoms. The Morgan fingerprint density at radius 2 is 1.40 bits per heavy atom. The Bertz CT molecular complexity index is 1800. The van der Waals surface area contributed by atoms with Gasteiger partial charge in [0.2, 0.25) is 0 Å². The van der Waals surface area contributed by atoms with Crippen LogP contribution in [0.15, 0.2) is 97.1 Å². The van der Waals surface area contributed by atoms with Gasteiger partial charge in [0.25, 0.3) is 11.8 Å². The van der Waals surface area contributed by atoms with Gasteiger partial charge in [0, 0.05) is 31.1 Å². The maximum absolute atomic E-state index is 13.0. The fourth-order valence-electron chi connectivity index (χ4n) is 8.18. The maximum atomic E-state index is 13.0. The Balaban J connectivity index is 1.02. The fourth-order valence-corrected chi connectivity index (χ4v) is 8.18. The van der Waals surface area contributed by atoms with Crippen LogP contribution in [-0.2, 0) is 22.6 Å². The normalized spacial score (nSPS) is 24.3. The number of ether oxygens (including phenoxy) is 2. The molecule has 0 radical (unpaired) electrons. The van der Waals surface area contributed by atoms with E-state index in [0.717, 1.165) is 59.4 Å². The molecule has 2 amide bonds. The van der Waals surface area contributed by atoms with Crippen LogP contribution in [0.1, 0.15) is 87.5 Å². The highest BCUT2D eigenvalue weighted by molar-refractivity contribution is 6.21. The van der Waals surface area contributed by atoms with Crippen LogP contribution in [0.5, 0.6) is 0 Å². The van der Waals surface area contributed by atoms with Crippen LogP contribution in [0.2, 0.25) is 0 Å². The number of amides is 2. The lowest BCUT2D eigenvalue weighted by Crippen LogP contribution is -2.45. The molecule has 50 heavy (non-hydrogen) atoms. The van der Waals surface area contributed by atoms with E-state index in [2.05, 4.69) is 46.2 Å². The molecular weight excluding hydrogens is 626 g/mol. The van der Waals surface area contributed by atoms with Crippen molar-refractivity contribution >= 4 is 11.8 Å². The number of imide groups is 1. The lowest BCUT2D eigenvalue weighted by molar-refractivity contribution is -0.253. The largest absolute Gasteiger partial charge is 0.392 e. The van der Waals surface area contributed by atoms with Crippen molar-refractivity contribution in [3.63, 3.8) is 0 Å². The summed E-state index contributed by atoms with van der Waals surface area (Å²) in [6.45, 7) is 5.78. The molecule has 8 rings (SSSR count). The van der Waals surface area contributed by atoms with Gasteiger partial charge in [-0.1, -0.05) is 72.8 Å². The van der Waals surface area contributed by atoms with E-state index in [1.807, 2.05) is 36.4 Å². The summed E-state index contributed by atoms with van der Waals surface area (Å²) in [5.41, 5.74) is 6.73. The first-order valence-electron chi connectivity index (χ1n) is 18.1. The molecule has 4 aliphatic rings. The number of fused-ring (bicyclic) bond motifs is 1. The average Bonchev–Trinajstić information content (AvgIpc) is 3.90. The summed E-state index contributed by atoms with van der Waals surface area (Å²) in [5.74, 6) is -0.507. The minimum atomic E-state index is -0.544. The van der Waals surface area contributed by atoms with Crippen molar-refractivity contribution in [2.45, 2.75) is 69.8 Å². The fraction of sp³-hybridized carbons (Fsp3) is 0.381. The molecule has 0 unspecified atom stereocenters. The van der Waals surface area contributed by atoms with E-state index < -0.39 is 6.29 Å². The highest BCUT2D eigenvalue weighted by Gasteiger charge is 2.37. The summed E-state index contributed by atoms with van der Waals surface area (Å²) >= 11 is 0. The Hall–Kier alpha value is -4.18. The van der Waals surface area contributed by atoms with E-state index in [0.29, 0.717) is 17.2 Å². The molecule has 0 saturated carbocycles. The maximum Gasteiger partial charge on any atom is 0.261 e. The van der Waals surface area contributed by atoms with Crippen molar-refractivity contribution in [2.24, 2.45) is 0 Å². The van der Waals surface area contributed by atoms with Crippen LogP contribution in [0.4, 0.5) is 0 Å². The number of nitrogens with zero attached hydrogens (tertiary/aromatic N) is 3. The standard InChI is InChI=1S/C42H45N3O5/c46-28-29-15-17-31(18-16-29)39-24-36(27-44-21-7-12-35(44)26-43-19-3-4-20-43)49-42(50-39)34-11-6-10-33(23-34)32-9-5-8-30(22-32)25-45-40(47)37-13-1-2-14-38(37)41(45)48/h1-2,5-6,8-11,13-18,22-23,35-36,39,42,46H,3-4,7,12,19-21,24-28H2/t35-,36+,39-,42-/m0/s1. The van der Waals surface area contributed by atoms with Gasteiger partial charge in [0.15, 0.2) is 6.29 Å². The predicted octanol–water partition coefficient (Wildman–Crippen LogP) is 6.75. The Morgan fingerprint density at radius 3 is 2.14 bits per heavy atom. The molecule has 4 aliphatic heterocycles. The minimum absolute atomic E-state index is 0.00193. The van der Waals surface area contributed by atoms with E-state index in [4.69, 9.17) is 9.47 Å². The van der Waals surface area contributed by atoms with Gasteiger partial charge in [-0.2, -0.15) is 0 Å². The summed E-state index contributed by atoms with van der Waals surface area (Å²) in [7, 11) is 0. The Labute approximate surface area is 294 Å². The van der Waals surface area contributed by atoms with Crippen molar-refractivity contribution in [1.82, 2.24) is 14.7 Å². The van der Waals surface area contributed by atoms with Gasteiger partial charge in [-0.15, -0.1) is 0 Å². The average molecular weight is 672 g/mol. The lowest BCUT2D eigenvalue weighted by atomic mass is 9.98. The molecule has 4 atom stereocenters. The van der Waals surface area contributed by atoms with Crippen molar-refractivity contribution in [3.8, 4) is 11.1 Å². The zero-order chi connectivity index (χ0) is 34.0. The highest BCUT2D eigenvalue weighted by atomic mass is 16.7. The van der Waals surface area contributed by atoms with E-state index in [1.165, 1.54) is 43.7 Å². The predicted molar refractivity (Wildman–Crippen MR) is 191 cm³/mol. The summed E-state index contributed by atoms with van der Waals surface area (Å²) in [4.78, 5) is 32.7. The Morgan fingerprint density at radius 1 is 0.680 bits per heavy atom. The summed E-state index contributed by atoms with van der Waals surface area (Å²) in [6, 6.07) is 32.0. The third kappa shape index (κ3) is 6.91. The second-order valence-corrected chi connectivity index (χ2v) is 14.2. The number of aliphatic hydroxyl groups is 1. The van der Waals surface area contributed by atoms with Crippen LogP contribution in [-0.4, -0.2) is 76.5 Å². The summed E-state index contributed by atoms with van der Waals surface area (Å²) < 4.78 is 13.5. The number of carbonyl (C=O) groups is 2. The minimum Gasteiger partial charge on any atom is -0.392 e. The van der Waals surface area contributed by atoms with Crippen LogP contribution >= 0.6 is 0 Å². The second-order valence-electron chi connectivity index (χ2n) is 14.2. The summed E-state index contributed by atoms with van der Waals surface area (Å²) in [5, 5.41) is 9.63. The number of hydrogen-bond acceptors (Lipinski definition) is 7. The number of benzene rings is 4. The SMILES string of the molecule is O=C1c2ccccc2C(=O)N1Cc1cccc(-c2cccc([C@H]3O[C@@H](CN4CCC[C@H]4CN4CCCC4)C[C@@H](c4ccc(CO)cc4)O3)c2)c1. The number of rotatable bonds is 10. The first-order valence-corrected chi connectivity index (χ1v) is 18.1. The molecule has 3 fully saturated rings. The highest BCUT2D eigenvalue weighted by Crippen LogP contribution is 2.40. The molecule has 0 aliphatic carbocycles. The van der Waals surface area contributed by atoms with Crippen LogP contribution in [0.3, 0.4) is 0 Å². The van der Waals surface area contributed by atoms with Gasteiger partial charge in [-0.3, -0.25) is 19.4 Å². The number of carbonyl (C=O) groups excluding carboxylic acids is 2. The number of aliphatic hydroxyl groups excluding tert-OH is 1. The van der Waals surface area contributed by atoms with E-state index >= 15 is 0 Å². The molecule has 3 saturated heterocycles. The van der Waals surface area contributed by atoms with E-state index in [9.17, 15) is 14.7 Å². The van der Waals surface area contributed by atoms with Crippen molar-refractivity contribution in [2.75, 3.05) is 32.7 Å². The third-order valence-corrected chi connectivity index (χ3v) is 10.9. The third-order valence-electron chi connectivity index (χ3n) is 10.9. The van der Waals surface area contributed by atoms with Gasteiger partial charge >= 0.3 is 0 Å². The van der Waals surface area contributed by atoms with Gasteiger partial charge in [0.05, 0.1) is 36.5 Å². The van der Waals surface area contributed by atoms with E-state index in [1.54, 1.807) is 24.3 Å². The van der Waals surface area contributed by atoms with Gasteiger partial charge in [-0.05, 0) is 97.4 Å². The van der Waals surface area contributed by atoms with Crippen molar-refractivity contribution in [3.05, 3.63) is 130 Å². The number of likely N-dealkylation sites (tertiary alicyclic amines) is 2. The molecule has 4 aromatic rings.